The summed E-state index contributed by atoms with van der Waals surface area (Å²) >= 11 is 0. The molecule has 2 amide bonds. The number of rotatable bonds is 5. The van der Waals surface area contributed by atoms with Gasteiger partial charge < -0.3 is 9.84 Å². The van der Waals surface area contributed by atoms with E-state index in [1.165, 1.54) is 12.0 Å². The first-order valence-electron chi connectivity index (χ1n) is 10.4. The van der Waals surface area contributed by atoms with Gasteiger partial charge in [-0.2, -0.15) is 0 Å². The first-order chi connectivity index (χ1) is 15.6. The Bertz CT molecular complexity index is 1150. The Kier molecular flexibility index (Phi) is 5.03. The van der Waals surface area contributed by atoms with Gasteiger partial charge in [-0.05, 0) is 35.4 Å². The number of carbonyl (C=O) groups excluding carboxylic acids is 2. The number of fused-ring (bicyclic) bond motifs is 1. The minimum atomic E-state index is -0.930. The maximum Gasteiger partial charge on any atom is 0.262 e. The van der Waals surface area contributed by atoms with Crippen LogP contribution >= 0.6 is 0 Å². The molecule has 5 rings (SSSR count). The number of phenolic OH excluding ortho intramolecular Hbond substituents is 1. The van der Waals surface area contributed by atoms with E-state index in [1.54, 1.807) is 23.3 Å². The van der Waals surface area contributed by atoms with Gasteiger partial charge in [-0.1, -0.05) is 54.6 Å². The van der Waals surface area contributed by atoms with Crippen LogP contribution in [0.2, 0.25) is 0 Å². The maximum absolute atomic E-state index is 13.5. The summed E-state index contributed by atoms with van der Waals surface area (Å²) in [6, 6.07) is 23.1. The Morgan fingerprint density at radius 2 is 1.62 bits per heavy atom. The van der Waals surface area contributed by atoms with E-state index in [0.29, 0.717) is 11.3 Å². The Labute approximate surface area is 185 Å². The van der Waals surface area contributed by atoms with E-state index in [4.69, 9.17) is 9.57 Å². The topological polar surface area (TPSA) is 79.3 Å². The molecular formula is C25H22N2O5. The number of carbonyl (C=O) groups is 2. The van der Waals surface area contributed by atoms with Crippen LogP contribution in [0, 0.1) is 5.92 Å². The van der Waals surface area contributed by atoms with Crippen LogP contribution < -0.4 is 9.80 Å². The number of anilines is 1. The van der Waals surface area contributed by atoms with Gasteiger partial charge in [-0.15, -0.1) is 0 Å². The number of hydrogen-bond donors (Lipinski definition) is 1. The van der Waals surface area contributed by atoms with Crippen molar-refractivity contribution in [1.82, 2.24) is 4.90 Å². The summed E-state index contributed by atoms with van der Waals surface area (Å²) < 4.78 is 5.16. The smallest absolute Gasteiger partial charge is 0.262 e. The van der Waals surface area contributed by atoms with Gasteiger partial charge in [0.1, 0.15) is 5.92 Å². The molecule has 1 N–H and O–H groups in total. The Morgan fingerprint density at radius 3 is 2.28 bits per heavy atom. The molecule has 7 heteroatoms. The van der Waals surface area contributed by atoms with E-state index in [0.717, 1.165) is 11.3 Å². The van der Waals surface area contributed by atoms with Crippen LogP contribution in [0.25, 0.3) is 0 Å². The lowest BCUT2D eigenvalue weighted by molar-refractivity contribution is -0.143. The predicted octanol–water partition coefficient (Wildman–Crippen LogP) is 3.45. The minimum absolute atomic E-state index is 0.0422. The van der Waals surface area contributed by atoms with Gasteiger partial charge in [0.15, 0.2) is 17.6 Å². The molecule has 0 bridgehead atoms. The highest BCUT2D eigenvalue weighted by atomic mass is 16.7. The van der Waals surface area contributed by atoms with Crippen LogP contribution in [0.1, 0.15) is 17.2 Å². The van der Waals surface area contributed by atoms with Gasteiger partial charge >= 0.3 is 0 Å². The fourth-order valence-electron chi connectivity index (χ4n) is 4.42. The van der Waals surface area contributed by atoms with Crippen LogP contribution in [0.3, 0.4) is 0 Å². The van der Waals surface area contributed by atoms with E-state index in [9.17, 15) is 14.7 Å². The standard InChI is InChI=1S/C25H22N2O5/c1-31-20-13-12-17(14-19(20)28)22-21-23(32-27(22)18-10-6-3-7-11-18)25(30)26(24(21)29)15-16-8-4-2-5-9-16/h2-14,21-23,28H,15H2,1H3/t21-,22+,23+/m0/s1. The number of para-hydroxylation sites is 1. The van der Waals surface area contributed by atoms with Crippen LogP contribution in [-0.2, 0) is 21.0 Å². The summed E-state index contributed by atoms with van der Waals surface area (Å²) in [5.41, 5.74) is 2.24. The van der Waals surface area contributed by atoms with Crippen molar-refractivity contribution in [1.29, 1.82) is 0 Å². The number of nitrogens with zero attached hydrogens (tertiary/aromatic N) is 2. The molecule has 0 unspecified atom stereocenters. The van der Waals surface area contributed by atoms with Crippen molar-refractivity contribution in [3.8, 4) is 11.5 Å². The lowest BCUT2D eigenvalue weighted by atomic mass is 9.90. The second-order valence-corrected chi connectivity index (χ2v) is 7.84. The molecule has 3 atom stereocenters. The molecular weight excluding hydrogens is 408 g/mol. The van der Waals surface area contributed by atoms with E-state index in [1.807, 2.05) is 60.7 Å². The third kappa shape index (κ3) is 3.27. The molecule has 32 heavy (non-hydrogen) atoms. The number of phenols is 1. The van der Waals surface area contributed by atoms with Gasteiger partial charge in [-0.25, -0.2) is 5.06 Å². The monoisotopic (exact) mass is 430 g/mol. The lowest BCUT2D eigenvalue weighted by Crippen LogP contribution is -2.36. The Hall–Kier alpha value is -3.84. The number of imide groups is 1. The van der Waals surface area contributed by atoms with Crippen LogP contribution in [0.4, 0.5) is 5.69 Å². The van der Waals surface area contributed by atoms with E-state index in [2.05, 4.69) is 0 Å². The second-order valence-electron chi connectivity index (χ2n) is 7.84. The average molecular weight is 430 g/mol. The fraction of sp³-hybridized carbons (Fsp3) is 0.200. The molecule has 3 aromatic rings. The largest absolute Gasteiger partial charge is 0.504 e. The SMILES string of the molecule is COc1ccc([C@@H]2[C@@H]3C(=O)N(Cc4ccccc4)C(=O)[C@@H]3ON2c2ccccc2)cc1O. The molecule has 2 heterocycles. The first kappa shape index (κ1) is 20.1. The molecule has 2 saturated heterocycles. The van der Waals surface area contributed by atoms with Crippen molar-refractivity contribution in [2.24, 2.45) is 5.92 Å². The summed E-state index contributed by atoms with van der Waals surface area (Å²) in [6.07, 6.45) is -0.930. The molecule has 3 aromatic carbocycles. The van der Waals surface area contributed by atoms with Crippen molar-refractivity contribution in [3.63, 3.8) is 0 Å². The van der Waals surface area contributed by atoms with Gasteiger partial charge in [0, 0.05) is 0 Å². The number of hydroxylamine groups is 1. The molecule has 7 nitrogen and oxygen atoms in total. The number of likely N-dealkylation sites (tertiary alicyclic amines) is 1. The van der Waals surface area contributed by atoms with Gasteiger partial charge in [0.05, 0.1) is 25.4 Å². The van der Waals surface area contributed by atoms with Crippen molar-refractivity contribution in [2.45, 2.75) is 18.7 Å². The van der Waals surface area contributed by atoms with Crippen molar-refractivity contribution < 1.29 is 24.3 Å². The number of amides is 2. The van der Waals surface area contributed by atoms with Crippen LogP contribution in [0.15, 0.2) is 78.9 Å². The normalized spacial score (nSPS) is 22.3. The van der Waals surface area contributed by atoms with E-state index < -0.39 is 18.1 Å². The second kappa shape index (κ2) is 8.01. The van der Waals surface area contributed by atoms with Crippen LogP contribution in [-0.4, -0.2) is 35.0 Å². The molecule has 2 aliphatic heterocycles. The molecule has 0 radical (unpaired) electrons. The number of aromatic hydroxyl groups is 1. The minimum Gasteiger partial charge on any atom is -0.504 e. The highest BCUT2D eigenvalue weighted by molar-refractivity contribution is 6.07. The van der Waals surface area contributed by atoms with Crippen molar-refractivity contribution >= 4 is 17.5 Å². The summed E-state index contributed by atoms with van der Waals surface area (Å²) in [6.45, 7) is 0.195. The van der Waals surface area contributed by atoms with E-state index >= 15 is 0 Å². The van der Waals surface area contributed by atoms with Crippen LogP contribution in [0.5, 0.6) is 11.5 Å². The van der Waals surface area contributed by atoms with Crippen molar-refractivity contribution in [3.05, 3.63) is 90.0 Å². The number of hydrogen-bond acceptors (Lipinski definition) is 6. The first-order valence-corrected chi connectivity index (χ1v) is 10.4. The zero-order valence-corrected chi connectivity index (χ0v) is 17.4. The van der Waals surface area contributed by atoms with Gasteiger partial charge in [0.25, 0.3) is 5.91 Å². The summed E-state index contributed by atoms with van der Waals surface area (Å²) in [5.74, 6) is -1.10. The molecule has 2 fully saturated rings. The fourth-order valence-corrected chi connectivity index (χ4v) is 4.42. The third-order valence-corrected chi connectivity index (χ3v) is 5.95. The van der Waals surface area contributed by atoms with E-state index in [-0.39, 0.29) is 24.1 Å². The number of methoxy groups -OCH3 is 1. The summed E-state index contributed by atoms with van der Waals surface area (Å²) in [7, 11) is 1.47. The Balaban J connectivity index is 1.54. The predicted molar refractivity (Wildman–Crippen MR) is 117 cm³/mol. The maximum atomic E-state index is 13.5. The van der Waals surface area contributed by atoms with Gasteiger partial charge in [0.2, 0.25) is 5.91 Å². The quantitative estimate of drug-likeness (QED) is 0.625. The number of ether oxygens (including phenoxy) is 1. The molecule has 162 valence electrons. The molecule has 0 spiro atoms. The zero-order chi connectivity index (χ0) is 22.2. The highest BCUT2D eigenvalue weighted by Crippen LogP contribution is 2.48. The third-order valence-electron chi connectivity index (χ3n) is 5.95. The Morgan fingerprint density at radius 1 is 0.938 bits per heavy atom. The molecule has 0 aromatic heterocycles. The van der Waals surface area contributed by atoms with Crippen molar-refractivity contribution in [2.75, 3.05) is 12.2 Å². The van der Waals surface area contributed by atoms with Gasteiger partial charge in [-0.3, -0.25) is 19.3 Å². The molecule has 0 saturated carbocycles. The summed E-state index contributed by atoms with van der Waals surface area (Å²) in [4.78, 5) is 34.0. The summed E-state index contributed by atoms with van der Waals surface area (Å²) in [5, 5.41) is 12.0. The average Bonchev–Trinajstić information content (AvgIpc) is 3.32. The number of benzene rings is 3. The zero-order valence-electron chi connectivity index (χ0n) is 17.4. The highest BCUT2D eigenvalue weighted by Gasteiger charge is 2.59. The molecule has 2 aliphatic rings. The lowest BCUT2D eigenvalue weighted by Gasteiger charge is -2.29. The molecule has 0 aliphatic carbocycles.